The fraction of sp³-hybridized carbons (Fsp3) is 0.571. The van der Waals surface area contributed by atoms with Crippen LogP contribution in [0.1, 0.15) is 40.0 Å². The molecule has 0 bridgehead atoms. The minimum absolute atomic E-state index is 0.241. The van der Waals surface area contributed by atoms with Crippen molar-refractivity contribution in [2.45, 2.75) is 50.5 Å². The average molecular weight is 364 g/mol. The van der Waals surface area contributed by atoms with Crippen LogP contribution in [0, 0.1) is 0 Å². The molecular formula is C14H22BrNO3S. The monoisotopic (exact) mass is 363 g/mol. The van der Waals surface area contributed by atoms with E-state index in [1.807, 2.05) is 20.8 Å². The fourth-order valence-corrected chi connectivity index (χ4v) is 4.46. The van der Waals surface area contributed by atoms with E-state index in [2.05, 4.69) is 20.7 Å². The van der Waals surface area contributed by atoms with Crippen LogP contribution in [0.2, 0.25) is 0 Å². The topological polar surface area (TPSA) is 55.4 Å². The largest absolute Gasteiger partial charge is 0.496 e. The Balaban J connectivity index is 3.14. The number of nitrogens with one attached hydrogen (secondary N) is 1. The van der Waals surface area contributed by atoms with Crippen molar-refractivity contribution in [2.75, 3.05) is 7.11 Å². The average Bonchev–Trinajstić information content (AvgIpc) is 2.44. The van der Waals surface area contributed by atoms with Gasteiger partial charge in [0.25, 0.3) is 0 Å². The van der Waals surface area contributed by atoms with Gasteiger partial charge in [-0.2, -0.15) is 0 Å². The zero-order chi connectivity index (χ0) is 15.4. The number of ether oxygens (including phenoxy) is 1. The molecule has 0 fully saturated rings. The van der Waals surface area contributed by atoms with Gasteiger partial charge < -0.3 is 4.74 Å². The Morgan fingerprint density at radius 3 is 2.15 bits per heavy atom. The number of benzene rings is 1. The lowest BCUT2D eigenvalue weighted by Crippen LogP contribution is -2.46. The molecule has 0 radical (unpaired) electrons. The van der Waals surface area contributed by atoms with Crippen LogP contribution >= 0.6 is 15.9 Å². The Bertz CT molecular complexity index is 545. The van der Waals surface area contributed by atoms with Gasteiger partial charge in [0.05, 0.1) is 16.5 Å². The van der Waals surface area contributed by atoms with Gasteiger partial charge in [0.2, 0.25) is 10.0 Å². The maximum absolute atomic E-state index is 12.5. The number of methoxy groups -OCH3 is 1. The van der Waals surface area contributed by atoms with Gasteiger partial charge in [0, 0.05) is 5.54 Å². The van der Waals surface area contributed by atoms with E-state index in [-0.39, 0.29) is 10.4 Å². The first kappa shape index (κ1) is 17.5. The molecule has 4 nitrogen and oxygen atoms in total. The van der Waals surface area contributed by atoms with Crippen LogP contribution in [-0.4, -0.2) is 21.1 Å². The lowest BCUT2D eigenvalue weighted by Gasteiger charge is -2.31. The SMILES string of the molecule is CCC(CC)(CC)NS(=O)(=O)c1ccc(OC)c(Br)c1. The normalized spacial score (nSPS) is 12.4. The standard InChI is InChI=1S/C14H22BrNO3S/c1-5-14(6-2,7-3)16-20(17,18)11-8-9-13(19-4)12(15)10-11/h8-10,16H,5-7H2,1-4H3. The van der Waals surface area contributed by atoms with Crippen molar-refractivity contribution < 1.29 is 13.2 Å². The zero-order valence-corrected chi connectivity index (χ0v) is 14.8. The van der Waals surface area contributed by atoms with Gasteiger partial charge in [-0.05, 0) is 53.4 Å². The quantitative estimate of drug-likeness (QED) is 0.803. The minimum Gasteiger partial charge on any atom is -0.496 e. The summed E-state index contributed by atoms with van der Waals surface area (Å²) in [5.41, 5.74) is -0.384. The molecule has 0 unspecified atom stereocenters. The van der Waals surface area contributed by atoms with Crippen LogP contribution in [-0.2, 0) is 10.0 Å². The molecule has 0 aliphatic heterocycles. The van der Waals surface area contributed by atoms with Gasteiger partial charge in [-0.25, -0.2) is 13.1 Å². The molecule has 0 saturated carbocycles. The molecule has 0 spiro atoms. The van der Waals surface area contributed by atoms with E-state index < -0.39 is 10.0 Å². The van der Waals surface area contributed by atoms with Gasteiger partial charge in [-0.1, -0.05) is 20.8 Å². The van der Waals surface area contributed by atoms with Gasteiger partial charge in [0.1, 0.15) is 5.75 Å². The summed E-state index contributed by atoms with van der Waals surface area (Å²) < 4.78 is 33.6. The summed E-state index contributed by atoms with van der Waals surface area (Å²) in [4.78, 5) is 0.241. The van der Waals surface area contributed by atoms with E-state index in [0.29, 0.717) is 10.2 Å². The summed E-state index contributed by atoms with van der Waals surface area (Å²) in [5, 5.41) is 0. The third-order valence-electron chi connectivity index (χ3n) is 3.81. The Morgan fingerprint density at radius 2 is 1.75 bits per heavy atom. The maximum Gasteiger partial charge on any atom is 0.241 e. The number of sulfonamides is 1. The molecule has 0 atom stereocenters. The summed E-state index contributed by atoms with van der Waals surface area (Å²) in [7, 11) is -1.99. The van der Waals surface area contributed by atoms with Crippen molar-refractivity contribution in [1.82, 2.24) is 4.72 Å². The van der Waals surface area contributed by atoms with Crippen molar-refractivity contribution in [1.29, 1.82) is 0 Å². The first-order valence-corrected chi connectivity index (χ1v) is 8.99. The smallest absolute Gasteiger partial charge is 0.241 e. The van der Waals surface area contributed by atoms with Crippen molar-refractivity contribution in [2.24, 2.45) is 0 Å². The molecule has 0 amide bonds. The Hall–Kier alpha value is -0.590. The lowest BCUT2D eigenvalue weighted by atomic mass is 9.91. The van der Waals surface area contributed by atoms with Crippen LogP contribution in [0.3, 0.4) is 0 Å². The Labute approximate surface area is 130 Å². The van der Waals surface area contributed by atoms with Crippen LogP contribution in [0.5, 0.6) is 5.75 Å². The van der Waals surface area contributed by atoms with Crippen LogP contribution < -0.4 is 9.46 Å². The highest BCUT2D eigenvalue weighted by molar-refractivity contribution is 9.10. The molecule has 0 aliphatic carbocycles. The lowest BCUT2D eigenvalue weighted by molar-refractivity contribution is 0.341. The third-order valence-corrected chi connectivity index (χ3v) is 6.01. The highest BCUT2D eigenvalue weighted by Gasteiger charge is 2.30. The molecule has 1 aromatic rings. The molecule has 1 rings (SSSR count). The molecule has 1 aromatic carbocycles. The second-order valence-corrected chi connectivity index (χ2v) is 7.28. The van der Waals surface area contributed by atoms with Gasteiger partial charge in [-0.3, -0.25) is 0 Å². The summed E-state index contributed by atoms with van der Waals surface area (Å²) in [6.07, 6.45) is 2.28. The minimum atomic E-state index is -3.54. The number of rotatable bonds is 7. The molecular weight excluding hydrogens is 342 g/mol. The van der Waals surface area contributed by atoms with Crippen molar-refractivity contribution in [3.8, 4) is 5.75 Å². The Morgan fingerprint density at radius 1 is 1.20 bits per heavy atom. The van der Waals surface area contributed by atoms with Gasteiger partial charge >= 0.3 is 0 Å². The van der Waals surface area contributed by atoms with E-state index in [1.54, 1.807) is 25.3 Å². The highest BCUT2D eigenvalue weighted by atomic mass is 79.9. The van der Waals surface area contributed by atoms with Gasteiger partial charge in [0.15, 0.2) is 0 Å². The highest BCUT2D eigenvalue weighted by Crippen LogP contribution is 2.29. The molecule has 0 aromatic heterocycles. The summed E-state index contributed by atoms with van der Waals surface area (Å²) in [5.74, 6) is 0.608. The van der Waals surface area contributed by atoms with Crippen molar-refractivity contribution in [3.63, 3.8) is 0 Å². The van der Waals surface area contributed by atoms with E-state index in [0.717, 1.165) is 19.3 Å². The van der Waals surface area contributed by atoms with Crippen molar-refractivity contribution in [3.05, 3.63) is 22.7 Å². The first-order valence-electron chi connectivity index (χ1n) is 6.71. The molecule has 114 valence electrons. The van der Waals surface area contributed by atoms with Gasteiger partial charge in [-0.15, -0.1) is 0 Å². The zero-order valence-electron chi connectivity index (χ0n) is 12.4. The third kappa shape index (κ3) is 3.74. The number of hydrogen-bond donors (Lipinski definition) is 1. The summed E-state index contributed by atoms with van der Waals surface area (Å²) in [6, 6.07) is 4.76. The second-order valence-electron chi connectivity index (χ2n) is 4.74. The van der Waals surface area contributed by atoms with Crippen molar-refractivity contribution >= 4 is 26.0 Å². The maximum atomic E-state index is 12.5. The predicted molar refractivity (Wildman–Crippen MR) is 84.6 cm³/mol. The Kier molecular flexibility index (Phi) is 6.04. The van der Waals surface area contributed by atoms with Crippen LogP contribution in [0.25, 0.3) is 0 Å². The van der Waals surface area contributed by atoms with E-state index in [4.69, 9.17) is 4.74 Å². The van der Waals surface area contributed by atoms with E-state index in [9.17, 15) is 8.42 Å². The molecule has 0 saturated heterocycles. The summed E-state index contributed by atoms with van der Waals surface area (Å²) >= 11 is 3.31. The fourth-order valence-electron chi connectivity index (χ4n) is 2.12. The summed E-state index contributed by atoms with van der Waals surface area (Å²) in [6.45, 7) is 6.00. The van der Waals surface area contributed by atoms with E-state index >= 15 is 0 Å². The molecule has 6 heteroatoms. The number of hydrogen-bond acceptors (Lipinski definition) is 3. The second kappa shape index (κ2) is 6.91. The number of halogens is 1. The van der Waals surface area contributed by atoms with Crippen LogP contribution in [0.4, 0.5) is 0 Å². The first-order chi connectivity index (χ1) is 9.34. The molecule has 20 heavy (non-hydrogen) atoms. The van der Waals surface area contributed by atoms with E-state index in [1.165, 1.54) is 0 Å². The predicted octanol–water partition coefficient (Wildman–Crippen LogP) is 3.70. The molecule has 0 aliphatic rings. The van der Waals surface area contributed by atoms with Crippen LogP contribution in [0.15, 0.2) is 27.6 Å². The molecule has 1 N–H and O–H groups in total. The molecule has 0 heterocycles.